The van der Waals surface area contributed by atoms with Gasteiger partial charge in [0, 0.05) is 18.6 Å². The first kappa shape index (κ1) is 15.4. The number of pyridine rings is 1. The Morgan fingerprint density at radius 2 is 1.87 bits per heavy atom. The Balaban J connectivity index is 2.08. The number of fused-ring (bicyclic) bond motifs is 1. The molecule has 0 fully saturated rings. The Hall–Kier alpha value is -2.54. The smallest absolute Gasteiger partial charge is 0.262 e. The third-order valence-corrected chi connectivity index (χ3v) is 5.27. The number of imidazole rings is 1. The van der Waals surface area contributed by atoms with Gasteiger partial charge in [-0.3, -0.25) is 4.72 Å². The van der Waals surface area contributed by atoms with Crippen LogP contribution in [-0.2, 0) is 10.0 Å². The number of aryl methyl sites for hydroxylation is 2. The number of rotatable bonds is 4. The van der Waals surface area contributed by atoms with Gasteiger partial charge in [-0.2, -0.15) is 0 Å². The van der Waals surface area contributed by atoms with Crippen LogP contribution in [0.15, 0.2) is 47.8 Å². The Morgan fingerprint density at radius 3 is 2.52 bits per heavy atom. The Morgan fingerprint density at radius 1 is 1.17 bits per heavy atom. The Labute approximate surface area is 134 Å². The monoisotopic (exact) mass is 331 g/mol. The molecule has 1 aromatic carbocycles. The molecule has 120 valence electrons. The van der Waals surface area contributed by atoms with Crippen molar-refractivity contribution in [1.29, 1.82) is 0 Å². The van der Waals surface area contributed by atoms with Crippen LogP contribution in [0.3, 0.4) is 0 Å². The summed E-state index contributed by atoms with van der Waals surface area (Å²) in [7, 11) is -2.17. The van der Waals surface area contributed by atoms with Gasteiger partial charge in [0.1, 0.15) is 5.75 Å². The van der Waals surface area contributed by atoms with Gasteiger partial charge in [0.25, 0.3) is 10.0 Å². The van der Waals surface area contributed by atoms with Gasteiger partial charge in [0.2, 0.25) is 0 Å². The fourth-order valence-electron chi connectivity index (χ4n) is 2.68. The van der Waals surface area contributed by atoms with E-state index in [1.807, 2.05) is 6.20 Å². The fourth-order valence-corrected chi connectivity index (χ4v) is 4.19. The Bertz CT molecular complexity index is 954. The van der Waals surface area contributed by atoms with Crippen LogP contribution in [0, 0.1) is 13.8 Å². The normalized spacial score (nSPS) is 11.6. The van der Waals surface area contributed by atoms with Gasteiger partial charge in [-0.15, -0.1) is 0 Å². The largest absolute Gasteiger partial charge is 0.497 e. The zero-order valence-corrected chi connectivity index (χ0v) is 13.9. The van der Waals surface area contributed by atoms with Crippen LogP contribution in [0.4, 0.5) is 5.69 Å². The summed E-state index contributed by atoms with van der Waals surface area (Å²) in [5, 5.41) is 0. The van der Waals surface area contributed by atoms with E-state index in [0.29, 0.717) is 28.2 Å². The van der Waals surface area contributed by atoms with Gasteiger partial charge in [0.15, 0.2) is 5.65 Å². The number of ether oxygens (including phenoxy) is 1. The van der Waals surface area contributed by atoms with Crippen LogP contribution in [0.1, 0.15) is 11.1 Å². The molecule has 1 N–H and O–H groups in total. The number of nitrogens with zero attached hydrogens (tertiary/aromatic N) is 2. The number of anilines is 1. The summed E-state index contributed by atoms with van der Waals surface area (Å²) in [4.78, 5) is 4.44. The van der Waals surface area contributed by atoms with Gasteiger partial charge in [-0.1, -0.05) is 0 Å². The van der Waals surface area contributed by atoms with E-state index >= 15 is 0 Å². The molecule has 0 radical (unpaired) electrons. The molecule has 23 heavy (non-hydrogen) atoms. The highest BCUT2D eigenvalue weighted by atomic mass is 32.2. The van der Waals surface area contributed by atoms with E-state index in [9.17, 15) is 8.42 Å². The van der Waals surface area contributed by atoms with Crippen molar-refractivity contribution in [2.45, 2.75) is 18.7 Å². The predicted octanol–water partition coefficient (Wildman–Crippen LogP) is 2.76. The van der Waals surface area contributed by atoms with Crippen molar-refractivity contribution >= 4 is 21.4 Å². The molecular weight excluding hydrogens is 314 g/mol. The van der Waals surface area contributed by atoms with Crippen molar-refractivity contribution in [3.63, 3.8) is 0 Å². The number of aromatic nitrogens is 2. The van der Waals surface area contributed by atoms with E-state index in [1.165, 1.54) is 0 Å². The first-order chi connectivity index (χ1) is 10.9. The highest BCUT2D eigenvalue weighted by molar-refractivity contribution is 7.92. The number of methoxy groups -OCH3 is 1. The minimum atomic E-state index is -3.73. The van der Waals surface area contributed by atoms with Crippen LogP contribution in [0.25, 0.3) is 5.65 Å². The van der Waals surface area contributed by atoms with Crippen molar-refractivity contribution in [2.75, 3.05) is 11.8 Å². The third-order valence-electron chi connectivity index (χ3n) is 3.60. The lowest BCUT2D eigenvalue weighted by Gasteiger charge is -2.14. The molecule has 3 rings (SSSR count). The number of hydrogen-bond donors (Lipinski definition) is 1. The number of sulfonamides is 1. The second-order valence-electron chi connectivity index (χ2n) is 5.28. The molecule has 0 atom stereocenters. The molecule has 0 unspecified atom stereocenters. The zero-order chi connectivity index (χ0) is 16.6. The molecule has 0 bridgehead atoms. The summed E-state index contributed by atoms with van der Waals surface area (Å²) < 4.78 is 35.2. The molecule has 0 spiro atoms. The van der Waals surface area contributed by atoms with Crippen LogP contribution >= 0.6 is 0 Å². The average molecular weight is 331 g/mol. The summed E-state index contributed by atoms with van der Waals surface area (Å²) >= 11 is 0. The highest BCUT2D eigenvalue weighted by Crippen LogP contribution is 2.28. The SMILES string of the molecule is COc1cc(C)c(S(=O)(=O)Nc2cccn3ccnc23)c(C)c1. The number of nitrogens with one attached hydrogen (secondary N) is 1. The van der Waals surface area contributed by atoms with Gasteiger partial charge < -0.3 is 9.14 Å². The lowest BCUT2D eigenvalue weighted by atomic mass is 10.1. The highest BCUT2D eigenvalue weighted by Gasteiger charge is 2.21. The van der Waals surface area contributed by atoms with Crippen LogP contribution in [0.2, 0.25) is 0 Å². The quantitative estimate of drug-likeness (QED) is 0.798. The second-order valence-corrected chi connectivity index (χ2v) is 6.90. The van der Waals surface area contributed by atoms with E-state index in [4.69, 9.17) is 4.74 Å². The molecule has 0 amide bonds. The lowest BCUT2D eigenvalue weighted by molar-refractivity contribution is 0.413. The minimum absolute atomic E-state index is 0.256. The van der Waals surface area contributed by atoms with Crippen LogP contribution in [0.5, 0.6) is 5.75 Å². The van der Waals surface area contributed by atoms with Gasteiger partial charge in [-0.05, 0) is 49.2 Å². The molecular formula is C16H17N3O3S. The summed E-state index contributed by atoms with van der Waals surface area (Å²) in [5.74, 6) is 0.634. The average Bonchev–Trinajstić information content (AvgIpc) is 2.95. The summed E-state index contributed by atoms with van der Waals surface area (Å²) in [6.45, 7) is 3.50. The van der Waals surface area contributed by atoms with E-state index in [-0.39, 0.29) is 4.90 Å². The van der Waals surface area contributed by atoms with Gasteiger partial charge in [-0.25, -0.2) is 13.4 Å². The first-order valence-electron chi connectivity index (χ1n) is 7.02. The standard InChI is InChI=1S/C16H17N3O3S/c1-11-9-13(22-3)10-12(2)15(11)23(20,21)18-14-5-4-7-19-8-6-17-16(14)19/h4-10,18H,1-3H3. The molecule has 0 aliphatic heterocycles. The molecule has 0 aliphatic carbocycles. The second kappa shape index (κ2) is 5.58. The van der Waals surface area contributed by atoms with E-state index in [1.54, 1.807) is 62.0 Å². The molecule has 0 aliphatic rings. The van der Waals surface area contributed by atoms with Crippen molar-refractivity contribution in [3.05, 3.63) is 54.0 Å². The minimum Gasteiger partial charge on any atom is -0.497 e. The first-order valence-corrected chi connectivity index (χ1v) is 8.50. The predicted molar refractivity (Wildman–Crippen MR) is 88.5 cm³/mol. The van der Waals surface area contributed by atoms with Crippen LogP contribution < -0.4 is 9.46 Å². The summed E-state index contributed by atoms with van der Waals surface area (Å²) in [6.07, 6.45) is 5.19. The lowest BCUT2D eigenvalue weighted by Crippen LogP contribution is -2.16. The molecule has 2 aromatic heterocycles. The molecule has 7 heteroatoms. The zero-order valence-electron chi connectivity index (χ0n) is 13.1. The molecule has 6 nitrogen and oxygen atoms in total. The maximum absolute atomic E-state index is 12.8. The number of benzene rings is 1. The topological polar surface area (TPSA) is 72.7 Å². The van der Waals surface area contributed by atoms with Crippen LogP contribution in [-0.4, -0.2) is 24.9 Å². The molecule has 0 saturated carbocycles. The van der Waals surface area contributed by atoms with E-state index < -0.39 is 10.0 Å². The van der Waals surface area contributed by atoms with Crippen molar-refractivity contribution in [1.82, 2.24) is 9.38 Å². The van der Waals surface area contributed by atoms with Crippen molar-refractivity contribution in [3.8, 4) is 5.75 Å². The van der Waals surface area contributed by atoms with Gasteiger partial charge in [0.05, 0.1) is 17.7 Å². The summed E-state index contributed by atoms with van der Waals surface area (Å²) in [5.41, 5.74) is 2.25. The Kier molecular flexibility index (Phi) is 3.73. The maximum atomic E-state index is 12.8. The number of hydrogen-bond acceptors (Lipinski definition) is 4. The molecule has 2 heterocycles. The van der Waals surface area contributed by atoms with E-state index in [0.717, 1.165) is 0 Å². The third kappa shape index (κ3) is 2.75. The molecule has 0 saturated heterocycles. The van der Waals surface area contributed by atoms with Crippen molar-refractivity contribution < 1.29 is 13.2 Å². The maximum Gasteiger partial charge on any atom is 0.262 e. The van der Waals surface area contributed by atoms with Crippen molar-refractivity contribution in [2.24, 2.45) is 0 Å². The summed E-state index contributed by atoms with van der Waals surface area (Å²) in [6, 6.07) is 6.86. The molecule has 3 aromatic rings. The van der Waals surface area contributed by atoms with Gasteiger partial charge >= 0.3 is 0 Å². The fraction of sp³-hybridized carbons (Fsp3) is 0.188. The van der Waals surface area contributed by atoms with E-state index in [2.05, 4.69) is 9.71 Å².